The molecule has 0 aliphatic carbocycles. The van der Waals surface area contributed by atoms with Gasteiger partial charge >= 0.3 is 5.97 Å². The van der Waals surface area contributed by atoms with Gasteiger partial charge in [0.05, 0.1) is 13.0 Å². The van der Waals surface area contributed by atoms with Crippen molar-refractivity contribution in [2.75, 3.05) is 19.7 Å². The number of nitrogens with one attached hydrogen (secondary N) is 1. The number of ether oxygens (including phenoxy) is 1. The molecule has 4 nitrogen and oxygen atoms in total. The Morgan fingerprint density at radius 2 is 1.95 bits per heavy atom. The van der Waals surface area contributed by atoms with Gasteiger partial charge < -0.3 is 15.2 Å². The molecule has 0 saturated heterocycles. The number of aliphatic carboxylic acids is 1. The summed E-state index contributed by atoms with van der Waals surface area (Å²) in [5.74, 6) is 0.158. The fourth-order valence-electron chi connectivity index (χ4n) is 1.85. The van der Waals surface area contributed by atoms with Gasteiger partial charge in [-0.25, -0.2) is 0 Å². The van der Waals surface area contributed by atoms with Crippen molar-refractivity contribution < 1.29 is 14.6 Å². The summed E-state index contributed by atoms with van der Waals surface area (Å²) in [4.78, 5) is 10.3. The minimum atomic E-state index is -0.762. The van der Waals surface area contributed by atoms with E-state index in [0.29, 0.717) is 6.54 Å². The Morgan fingerprint density at radius 1 is 1.20 bits per heavy atom. The van der Waals surface area contributed by atoms with Crippen LogP contribution in [0.2, 0.25) is 0 Å². The summed E-state index contributed by atoms with van der Waals surface area (Å²) in [6, 6.07) is 8.12. The van der Waals surface area contributed by atoms with E-state index in [1.54, 1.807) is 0 Å². The number of hydrogen-bond acceptors (Lipinski definition) is 3. The van der Waals surface area contributed by atoms with Crippen molar-refractivity contribution in [1.29, 1.82) is 0 Å². The molecule has 0 aromatic heterocycles. The van der Waals surface area contributed by atoms with E-state index < -0.39 is 5.97 Å². The molecule has 0 aliphatic rings. The van der Waals surface area contributed by atoms with Gasteiger partial charge in [-0.3, -0.25) is 4.79 Å². The van der Waals surface area contributed by atoms with Crippen molar-refractivity contribution in [1.82, 2.24) is 5.32 Å². The molecule has 4 heteroatoms. The highest BCUT2D eigenvalue weighted by Gasteiger charge is 1.98. The number of rotatable bonds is 11. The monoisotopic (exact) mass is 279 g/mol. The van der Waals surface area contributed by atoms with Gasteiger partial charge in [0, 0.05) is 6.54 Å². The van der Waals surface area contributed by atoms with Crippen LogP contribution in [0.5, 0.6) is 5.75 Å². The molecule has 0 unspecified atom stereocenters. The smallest absolute Gasteiger partial charge is 0.304 e. The second kappa shape index (κ2) is 10.3. The molecule has 1 aromatic rings. The molecule has 0 radical (unpaired) electrons. The summed E-state index contributed by atoms with van der Waals surface area (Å²) < 4.78 is 5.65. The molecule has 0 bridgehead atoms. The molecule has 0 fully saturated rings. The van der Waals surface area contributed by atoms with Gasteiger partial charge in [-0.2, -0.15) is 0 Å². The average molecular weight is 279 g/mol. The molecule has 0 amide bonds. The van der Waals surface area contributed by atoms with Crippen molar-refractivity contribution in [2.24, 2.45) is 0 Å². The largest absolute Gasteiger partial charge is 0.494 e. The van der Waals surface area contributed by atoms with Gasteiger partial charge in [0.2, 0.25) is 0 Å². The van der Waals surface area contributed by atoms with Crippen LogP contribution in [-0.2, 0) is 11.2 Å². The predicted octanol–water partition coefficient (Wildman–Crippen LogP) is 2.86. The highest BCUT2D eigenvalue weighted by molar-refractivity contribution is 5.66. The van der Waals surface area contributed by atoms with Crippen LogP contribution in [-0.4, -0.2) is 30.8 Å². The zero-order chi connectivity index (χ0) is 14.6. The van der Waals surface area contributed by atoms with Crippen LogP contribution >= 0.6 is 0 Å². The minimum Gasteiger partial charge on any atom is -0.494 e. The molecule has 0 atom stereocenters. The molecule has 20 heavy (non-hydrogen) atoms. The highest BCUT2D eigenvalue weighted by atomic mass is 16.5. The van der Waals surface area contributed by atoms with E-state index in [-0.39, 0.29) is 6.42 Å². The molecule has 0 heterocycles. The molecule has 2 N–H and O–H groups in total. The Balaban J connectivity index is 2.16. The van der Waals surface area contributed by atoms with Crippen molar-refractivity contribution in [2.45, 2.75) is 39.0 Å². The van der Waals surface area contributed by atoms with E-state index in [1.165, 1.54) is 18.4 Å². The van der Waals surface area contributed by atoms with E-state index in [4.69, 9.17) is 9.84 Å². The first kappa shape index (κ1) is 16.5. The standard InChI is InChI=1S/C16H25NO3/c1-2-3-4-13-20-15-7-5-14(6-8-15)9-11-17-12-10-16(18)19/h5-8,17H,2-4,9-13H2,1H3,(H,18,19). The molecular weight excluding hydrogens is 254 g/mol. The zero-order valence-corrected chi connectivity index (χ0v) is 12.2. The van der Waals surface area contributed by atoms with Crippen LogP contribution in [0.3, 0.4) is 0 Å². The maximum Gasteiger partial charge on any atom is 0.304 e. The SMILES string of the molecule is CCCCCOc1ccc(CCNCCC(=O)O)cc1. The third-order valence-corrected chi connectivity index (χ3v) is 3.05. The number of benzene rings is 1. The molecule has 112 valence electrons. The normalized spacial score (nSPS) is 10.4. The van der Waals surface area contributed by atoms with Crippen LogP contribution in [0.25, 0.3) is 0 Å². The second-order valence-corrected chi connectivity index (χ2v) is 4.84. The maximum atomic E-state index is 10.3. The lowest BCUT2D eigenvalue weighted by Gasteiger charge is -2.07. The van der Waals surface area contributed by atoms with E-state index in [0.717, 1.165) is 31.7 Å². The van der Waals surface area contributed by atoms with Gasteiger partial charge in [0.15, 0.2) is 0 Å². The Bertz CT molecular complexity index is 376. The third kappa shape index (κ3) is 7.79. The van der Waals surface area contributed by atoms with E-state index in [2.05, 4.69) is 24.4 Å². The van der Waals surface area contributed by atoms with E-state index in [1.807, 2.05) is 12.1 Å². The van der Waals surface area contributed by atoms with Crippen molar-refractivity contribution >= 4 is 5.97 Å². The van der Waals surface area contributed by atoms with E-state index >= 15 is 0 Å². The molecular formula is C16H25NO3. The molecule has 0 spiro atoms. The highest BCUT2D eigenvalue weighted by Crippen LogP contribution is 2.13. The van der Waals surface area contributed by atoms with Crippen LogP contribution in [0.1, 0.15) is 38.2 Å². The molecule has 1 rings (SSSR count). The van der Waals surface area contributed by atoms with Crippen molar-refractivity contribution in [3.8, 4) is 5.75 Å². The first-order valence-electron chi connectivity index (χ1n) is 7.36. The topological polar surface area (TPSA) is 58.6 Å². The Kier molecular flexibility index (Phi) is 8.47. The third-order valence-electron chi connectivity index (χ3n) is 3.05. The first-order chi connectivity index (χ1) is 9.72. The molecule has 0 saturated carbocycles. The van der Waals surface area contributed by atoms with Crippen LogP contribution in [0.4, 0.5) is 0 Å². The molecule has 0 aliphatic heterocycles. The predicted molar refractivity (Wildman–Crippen MR) is 80.3 cm³/mol. The quantitative estimate of drug-likeness (QED) is 0.612. The lowest BCUT2D eigenvalue weighted by atomic mass is 10.1. The number of carboxylic acid groups (broad SMARTS) is 1. The summed E-state index contributed by atoms with van der Waals surface area (Å²) >= 11 is 0. The van der Waals surface area contributed by atoms with Crippen LogP contribution < -0.4 is 10.1 Å². The average Bonchev–Trinajstić information content (AvgIpc) is 2.44. The van der Waals surface area contributed by atoms with Crippen molar-refractivity contribution in [3.05, 3.63) is 29.8 Å². The van der Waals surface area contributed by atoms with Gasteiger partial charge in [-0.15, -0.1) is 0 Å². The second-order valence-electron chi connectivity index (χ2n) is 4.84. The summed E-state index contributed by atoms with van der Waals surface area (Å²) in [6.45, 7) is 4.28. The Hall–Kier alpha value is -1.55. The maximum absolute atomic E-state index is 10.3. The van der Waals surface area contributed by atoms with Crippen LogP contribution in [0, 0.1) is 0 Å². The van der Waals surface area contributed by atoms with Gasteiger partial charge in [-0.1, -0.05) is 31.9 Å². The molecule has 1 aromatic carbocycles. The van der Waals surface area contributed by atoms with Gasteiger partial charge in [0.25, 0.3) is 0 Å². The number of unbranched alkanes of at least 4 members (excludes halogenated alkanes) is 2. The van der Waals surface area contributed by atoms with Crippen molar-refractivity contribution in [3.63, 3.8) is 0 Å². The number of carbonyl (C=O) groups is 1. The Morgan fingerprint density at radius 3 is 2.60 bits per heavy atom. The summed E-state index contributed by atoms with van der Waals surface area (Å²) in [5.41, 5.74) is 1.23. The van der Waals surface area contributed by atoms with Gasteiger partial charge in [0.1, 0.15) is 5.75 Å². The minimum absolute atomic E-state index is 0.171. The zero-order valence-electron chi connectivity index (χ0n) is 12.2. The fourth-order valence-corrected chi connectivity index (χ4v) is 1.85. The first-order valence-corrected chi connectivity index (χ1v) is 7.36. The number of hydrogen-bond donors (Lipinski definition) is 2. The summed E-state index contributed by atoms with van der Waals surface area (Å²) in [7, 11) is 0. The Labute approximate surface area is 121 Å². The van der Waals surface area contributed by atoms with Crippen LogP contribution in [0.15, 0.2) is 24.3 Å². The van der Waals surface area contributed by atoms with Gasteiger partial charge in [-0.05, 0) is 37.1 Å². The lowest BCUT2D eigenvalue weighted by molar-refractivity contribution is -0.136. The lowest BCUT2D eigenvalue weighted by Crippen LogP contribution is -2.20. The number of carboxylic acids is 1. The van der Waals surface area contributed by atoms with E-state index in [9.17, 15) is 4.79 Å². The fraction of sp³-hybridized carbons (Fsp3) is 0.562. The summed E-state index contributed by atoms with van der Waals surface area (Å²) in [5, 5.41) is 11.6. The summed E-state index contributed by atoms with van der Waals surface area (Å²) in [6.07, 6.45) is 4.59.